The first-order chi connectivity index (χ1) is 8.75. The van der Waals surface area contributed by atoms with E-state index in [0.29, 0.717) is 0 Å². The van der Waals surface area contributed by atoms with Gasteiger partial charge in [0.05, 0.1) is 4.88 Å². The molecule has 1 aliphatic rings. The summed E-state index contributed by atoms with van der Waals surface area (Å²) in [4.78, 5) is 11.1. The van der Waals surface area contributed by atoms with Crippen molar-refractivity contribution in [2.24, 2.45) is 0 Å². The fraction of sp³-hybridized carbons (Fsp3) is 0.154. The average molecular weight is 323 g/mol. The van der Waals surface area contributed by atoms with Crippen LogP contribution in [-0.2, 0) is 4.84 Å². The van der Waals surface area contributed by atoms with Crippen LogP contribution in [0.1, 0.15) is 17.9 Å². The van der Waals surface area contributed by atoms with E-state index < -0.39 is 0 Å². The van der Waals surface area contributed by atoms with Gasteiger partial charge in [0, 0.05) is 11.8 Å². The molecule has 0 aliphatic carbocycles. The van der Waals surface area contributed by atoms with E-state index in [9.17, 15) is 0 Å². The molecule has 1 unspecified atom stereocenters. The first kappa shape index (κ1) is 11.9. The largest absolute Gasteiger partial charge is 0.262 e. The second-order valence-electron chi connectivity index (χ2n) is 4.03. The van der Waals surface area contributed by atoms with Crippen LogP contribution >= 0.6 is 27.3 Å². The molecule has 0 radical (unpaired) electrons. The van der Waals surface area contributed by atoms with E-state index in [4.69, 9.17) is 4.84 Å². The van der Waals surface area contributed by atoms with Crippen LogP contribution in [0.25, 0.3) is 10.6 Å². The summed E-state index contributed by atoms with van der Waals surface area (Å²) in [5.41, 5.74) is 5.12. The number of nitrogens with one attached hydrogen (secondary N) is 1. The van der Waals surface area contributed by atoms with Crippen LogP contribution in [-0.4, -0.2) is 4.98 Å². The molecule has 1 N–H and O–H groups in total. The minimum atomic E-state index is -0.0469. The maximum absolute atomic E-state index is 5.51. The third kappa shape index (κ3) is 2.09. The van der Waals surface area contributed by atoms with Gasteiger partial charge in [-0.2, -0.15) is 0 Å². The van der Waals surface area contributed by atoms with Gasteiger partial charge in [-0.15, -0.1) is 11.3 Å². The number of halogens is 1. The van der Waals surface area contributed by atoms with E-state index in [2.05, 4.69) is 38.5 Å². The molecule has 0 fully saturated rings. The lowest BCUT2D eigenvalue weighted by Gasteiger charge is -2.05. The summed E-state index contributed by atoms with van der Waals surface area (Å²) >= 11 is 5.08. The minimum Gasteiger partial charge on any atom is -0.262 e. The SMILES string of the molecule is CC1=C(Br)NOC1c1cnc(-c2ccccc2)s1. The Morgan fingerprint density at radius 3 is 2.78 bits per heavy atom. The van der Waals surface area contributed by atoms with Crippen molar-refractivity contribution in [2.75, 3.05) is 0 Å². The maximum atomic E-state index is 5.51. The zero-order valence-electron chi connectivity index (χ0n) is 9.68. The van der Waals surface area contributed by atoms with Gasteiger partial charge >= 0.3 is 0 Å². The minimum absolute atomic E-state index is 0.0469. The molecule has 1 aliphatic heterocycles. The maximum Gasteiger partial charge on any atom is 0.145 e. The number of thiazole rings is 1. The molecule has 2 heterocycles. The number of aromatic nitrogens is 1. The van der Waals surface area contributed by atoms with Gasteiger partial charge in [0.25, 0.3) is 0 Å². The normalized spacial score (nSPS) is 19.1. The fourth-order valence-electron chi connectivity index (χ4n) is 1.79. The lowest BCUT2D eigenvalue weighted by atomic mass is 10.2. The molecule has 0 amide bonds. The summed E-state index contributed by atoms with van der Waals surface area (Å²) in [6.45, 7) is 2.04. The summed E-state index contributed by atoms with van der Waals surface area (Å²) in [5, 5.41) is 1.02. The van der Waals surface area contributed by atoms with Gasteiger partial charge in [-0.05, 0) is 28.4 Å². The van der Waals surface area contributed by atoms with E-state index in [1.54, 1.807) is 11.3 Å². The predicted octanol–water partition coefficient (Wildman–Crippen LogP) is 4.01. The van der Waals surface area contributed by atoms with Crippen LogP contribution in [0.5, 0.6) is 0 Å². The molecule has 5 heteroatoms. The summed E-state index contributed by atoms with van der Waals surface area (Å²) in [7, 11) is 0. The molecule has 0 saturated carbocycles. The Labute approximate surface area is 118 Å². The van der Waals surface area contributed by atoms with Gasteiger partial charge in [-0.3, -0.25) is 10.3 Å². The molecule has 1 aromatic carbocycles. The van der Waals surface area contributed by atoms with E-state index in [1.807, 2.05) is 31.3 Å². The third-order valence-electron chi connectivity index (χ3n) is 2.81. The molecule has 18 heavy (non-hydrogen) atoms. The van der Waals surface area contributed by atoms with E-state index in [-0.39, 0.29) is 6.10 Å². The second kappa shape index (κ2) is 4.84. The molecule has 0 saturated heterocycles. The smallest absolute Gasteiger partial charge is 0.145 e. The Hall–Kier alpha value is -1.17. The van der Waals surface area contributed by atoms with Gasteiger partial charge in [0.1, 0.15) is 15.7 Å². The van der Waals surface area contributed by atoms with E-state index >= 15 is 0 Å². The monoisotopic (exact) mass is 322 g/mol. The number of hydrogen-bond acceptors (Lipinski definition) is 4. The third-order valence-corrected chi connectivity index (χ3v) is 4.69. The molecular formula is C13H11BrN2OS. The first-order valence-corrected chi connectivity index (χ1v) is 7.16. The summed E-state index contributed by atoms with van der Waals surface area (Å²) < 4.78 is 0.905. The molecule has 2 aromatic rings. The highest BCUT2D eigenvalue weighted by Crippen LogP contribution is 2.38. The highest BCUT2D eigenvalue weighted by atomic mass is 79.9. The van der Waals surface area contributed by atoms with Gasteiger partial charge in [-0.25, -0.2) is 4.98 Å². The summed E-state index contributed by atoms with van der Waals surface area (Å²) in [6, 6.07) is 10.2. The Kier molecular flexibility index (Phi) is 3.20. The molecule has 0 bridgehead atoms. The van der Waals surface area contributed by atoms with Crippen molar-refractivity contribution in [3.63, 3.8) is 0 Å². The number of nitrogens with zero attached hydrogens (tertiary/aromatic N) is 1. The Morgan fingerprint density at radius 1 is 1.33 bits per heavy atom. The number of benzene rings is 1. The molecule has 1 atom stereocenters. The van der Waals surface area contributed by atoms with Crippen molar-refractivity contribution in [3.8, 4) is 10.6 Å². The van der Waals surface area contributed by atoms with Crippen LogP contribution in [0.15, 0.2) is 46.7 Å². The average Bonchev–Trinajstić information content (AvgIpc) is 3.00. The highest BCUT2D eigenvalue weighted by Gasteiger charge is 2.25. The molecule has 3 nitrogen and oxygen atoms in total. The molecule has 0 spiro atoms. The van der Waals surface area contributed by atoms with Crippen molar-refractivity contribution < 1.29 is 4.84 Å². The van der Waals surface area contributed by atoms with Crippen LogP contribution in [0.3, 0.4) is 0 Å². The van der Waals surface area contributed by atoms with Gasteiger partial charge in [-0.1, -0.05) is 30.3 Å². The quantitative estimate of drug-likeness (QED) is 0.848. The summed E-state index contributed by atoms with van der Waals surface area (Å²) in [6.07, 6.45) is 1.84. The van der Waals surface area contributed by atoms with Crippen molar-refractivity contribution in [1.29, 1.82) is 0 Å². The number of hydroxylamine groups is 1. The Bertz CT molecular complexity index is 594. The van der Waals surface area contributed by atoms with Crippen molar-refractivity contribution in [2.45, 2.75) is 13.0 Å². The van der Waals surface area contributed by atoms with Crippen LogP contribution in [0, 0.1) is 0 Å². The second-order valence-corrected chi connectivity index (χ2v) is 5.89. The fourth-order valence-corrected chi connectivity index (χ4v) is 3.11. The highest BCUT2D eigenvalue weighted by molar-refractivity contribution is 9.11. The van der Waals surface area contributed by atoms with Gasteiger partial charge < -0.3 is 0 Å². The van der Waals surface area contributed by atoms with Crippen LogP contribution < -0.4 is 5.48 Å². The molecule has 1 aromatic heterocycles. The molecule has 92 valence electrons. The molecular weight excluding hydrogens is 312 g/mol. The van der Waals surface area contributed by atoms with Crippen molar-refractivity contribution in [3.05, 3.63) is 51.6 Å². The predicted molar refractivity (Wildman–Crippen MR) is 76.1 cm³/mol. The topological polar surface area (TPSA) is 34.1 Å². The first-order valence-electron chi connectivity index (χ1n) is 5.55. The number of rotatable bonds is 2. The lowest BCUT2D eigenvalue weighted by molar-refractivity contribution is 0.0435. The van der Waals surface area contributed by atoms with Crippen LogP contribution in [0.2, 0.25) is 0 Å². The van der Waals surface area contributed by atoms with Crippen molar-refractivity contribution >= 4 is 27.3 Å². The standard InChI is InChI=1S/C13H11BrN2OS/c1-8-11(17-16-12(8)14)10-7-15-13(18-10)9-5-3-2-4-6-9/h2-7,11,16H,1H3. The lowest BCUT2D eigenvalue weighted by Crippen LogP contribution is -2.04. The Morgan fingerprint density at radius 2 is 2.11 bits per heavy atom. The summed E-state index contributed by atoms with van der Waals surface area (Å²) in [5.74, 6) is 0. The van der Waals surface area contributed by atoms with E-state index in [0.717, 1.165) is 25.6 Å². The zero-order chi connectivity index (χ0) is 12.5. The molecule has 3 rings (SSSR count). The van der Waals surface area contributed by atoms with E-state index in [1.165, 1.54) is 0 Å². The van der Waals surface area contributed by atoms with Crippen LogP contribution in [0.4, 0.5) is 0 Å². The van der Waals surface area contributed by atoms with Gasteiger partial charge in [0.15, 0.2) is 0 Å². The van der Waals surface area contributed by atoms with Gasteiger partial charge in [0.2, 0.25) is 0 Å². The zero-order valence-corrected chi connectivity index (χ0v) is 12.1. The van der Waals surface area contributed by atoms with Crippen molar-refractivity contribution in [1.82, 2.24) is 10.5 Å². The Balaban J connectivity index is 1.91. The number of hydrogen-bond donors (Lipinski definition) is 1.